The Morgan fingerprint density at radius 3 is 2.80 bits per heavy atom. The number of phenols is 1. The largest absolute Gasteiger partial charge is 0.507 e. The Bertz CT molecular complexity index is 503. The molecule has 0 saturated carbocycles. The van der Waals surface area contributed by atoms with E-state index in [-0.39, 0.29) is 11.5 Å². The van der Waals surface area contributed by atoms with Crippen molar-refractivity contribution in [2.45, 2.75) is 46.1 Å². The summed E-state index contributed by atoms with van der Waals surface area (Å²) in [6, 6.07) is 5.55. The third-order valence-corrected chi connectivity index (χ3v) is 3.09. The predicted octanol–water partition coefficient (Wildman–Crippen LogP) is 3.37. The van der Waals surface area contributed by atoms with Gasteiger partial charge in [0.15, 0.2) is 5.78 Å². The van der Waals surface area contributed by atoms with Crippen molar-refractivity contribution in [1.82, 2.24) is 0 Å². The van der Waals surface area contributed by atoms with Gasteiger partial charge in [0.2, 0.25) is 0 Å². The summed E-state index contributed by atoms with van der Waals surface area (Å²) in [6.07, 6.45) is 2.79. The molecule has 1 aromatic rings. The third kappa shape index (κ3) is 4.36. The molecular formula is C16H21NO3. The monoisotopic (exact) mass is 275 g/mol. The fourth-order valence-corrected chi connectivity index (χ4v) is 2.06. The molecule has 20 heavy (non-hydrogen) atoms. The molecule has 0 atom stereocenters. The number of rotatable bonds is 8. The first-order chi connectivity index (χ1) is 9.61. The summed E-state index contributed by atoms with van der Waals surface area (Å²) in [5.41, 5.74) is 2.06. The van der Waals surface area contributed by atoms with E-state index in [4.69, 9.17) is 10.00 Å². The number of unbranched alkanes of at least 4 members (excludes halogenated alkanes) is 1. The van der Waals surface area contributed by atoms with Crippen molar-refractivity contribution in [3.05, 3.63) is 28.8 Å². The Labute approximate surface area is 120 Å². The first-order valence-corrected chi connectivity index (χ1v) is 6.91. The number of ketones is 1. The summed E-state index contributed by atoms with van der Waals surface area (Å²) in [4.78, 5) is 11.4. The molecule has 1 aromatic carbocycles. The zero-order valence-electron chi connectivity index (χ0n) is 12.1. The van der Waals surface area contributed by atoms with Crippen LogP contribution >= 0.6 is 0 Å². The molecule has 0 aliphatic carbocycles. The van der Waals surface area contributed by atoms with Gasteiger partial charge in [-0.25, -0.2) is 0 Å². The topological polar surface area (TPSA) is 70.3 Å². The SMILES string of the molecule is CCCc1c(COCCCC#N)ccc(C(C)=O)c1O. The normalized spacial score (nSPS) is 10.2. The van der Waals surface area contributed by atoms with Crippen LogP contribution in [0.3, 0.4) is 0 Å². The number of hydrogen-bond donors (Lipinski definition) is 1. The van der Waals surface area contributed by atoms with Gasteiger partial charge >= 0.3 is 0 Å². The smallest absolute Gasteiger partial charge is 0.163 e. The molecule has 0 aromatic heterocycles. The van der Waals surface area contributed by atoms with Gasteiger partial charge in [0.25, 0.3) is 0 Å². The van der Waals surface area contributed by atoms with Crippen molar-refractivity contribution in [3.63, 3.8) is 0 Å². The number of Topliss-reactive ketones (excluding diaryl/α,β-unsaturated/α-hetero) is 1. The lowest BCUT2D eigenvalue weighted by atomic mass is 9.97. The van der Waals surface area contributed by atoms with E-state index in [2.05, 4.69) is 6.07 Å². The maximum atomic E-state index is 11.4. The number of benzene rings is 1. The molecule has 0 bridgehead atoms. The summed E-state index contributed by atoms with van der Waals surface area (Å²) in [7, 11) is 0. The molecule has 4 heteroatoms. The lowest BCUT2D eigenvalue weighted by molar-refractivity contribution is 0.101. The number of hydrogen-bond acceptors (Lipinski definition) is 4. The zero-order valence-corrected chi connectivity index (χ0v) is 12.1. The lowest BCUT2D eigenvalue weighted by Crippen LogP contribution is -2.03. The number of carbonyl (C=O) groups excluding carboxylic acids is 1. The van der Waals surface area contributed by atoms with Crippen molar-refractivity contribution >= 4 is 5.78 Å². The van der Waals surface area contributed by atoms with Gasteiger partial charge in [-0.15, -0.1) is 0 Å². The number of carbonyl (C=O) groups is 1. The van der Waals surface area contributed by atoms with Crippen molar-refractivity contribution in [2.75, 3.05) is 6.61 Å². The molecule has 1 rings (SSSR count). The predicted molar refractivity (Wildman–Crippen MR) is 76.6 cm³/mol. The standard InChI is InChI=1S/C16H21NO3/c1-3-6-15-13(11-20-10-5-4-9-17)7-8-14(12(2)18)16(15)19/h7-8,19H,3-6,10-11H2,1-2H3. The average Bonchev–Trinajstić information content (AvgIpc) is 2.41. The molecule has 0 amide bonds. The molecule has 0 unspecified atom stereocenters. The summed E-state index contributed by atoms with van der Waals surface area (Å²) in [5.74, 6) is -0.0567. The van der Waals surface area contributed by atoms with Gasteiger partial charge in [0.05, 0.1) is 18.2 Å². The van der Waals surface area contributed by atoms with Gasteiger partial charge < -0.3 is 9.84 Å². The summed E-state index contributed by atoms with van der Waals surface area (Å²) < 4.78 is 5.52. The van der Waals surface area contributed by atoms with Gasteiger partial charge in [0.1, 0.15) is 5.75 Å². The van der Waals surface area contributed by atoms with E-state index in [1.807, 2.05) is 13.0 Å². The van der Waals surface area contributed by atoms with Crippen LogP contribution in [0.2, 0.25) is 0 Å². The van der Waals surface area contributed by atoms with E-state index in [0.717, 1.165) is 17.5 Å². The molecule has 4 nitrogen and oxygen atoms in total. The number of nitrogens with zero attached hydrogens (tertiary/aromatic N) is 1. The molecule has 0 fully saturated rings. The Hall–Kier alpha value is -1.86. The molecule has 0 saturated heterocycles. The summed E-state index contributed by atoms with van der Waals surface area (Å²) in [6.45, 7) is 4.39. The Morgan fingerprint density at radius 2 is 2.20 bits per heavy atom. The van der Waals surface area contributed by atoms with Crippen LogP contribution in [-0.4, -0.2) is 17.5 Å². The molecule has 0 aliphatic rings. The van der Waals surface area contributed by atoms with Gasteiger partial charge in [-0.3, -0.25) is 4.79 Å². The van der Waals surface area contributed by atoms with Crippen LogP contribution in [0.15, 0.2) is 12.1 Å². The van der Waals surface area contributed by atoms with Crippen LogP contribution in [0.1, 0.15) is 54.6 Å². The molecule has 108 valence electrons. The van der Waals surface area contributed by atoms with Crippen LogP contribution in [0.25, 0.3) is 0 Å². The number of nitriles is 1. The Morgan fingerprint density at radius 1 is 1.45 bits per heavy atom. The maximum absolute atomic E-state index is 11.4. The fourth-order valence-electron chi connectivity index (χ4n) is 2.06. The van der Waals surface area contributed by atoms with Crippen molar-refractivity contribution in [3.8, 4) is 11.8 Å². The van der Waals surface area contributed by atoms with E-state index in [0.29, 0.717) is 38.0 Å². The summed E-state index contributed by atoms with van der Waals surface area (Å²) in [5, 5.41) is 18.6. The van der Waals surface area contributed by atoms with E-state index >= 15 is 0 Å². The number of aromatic hydroxyl groups is 1. The highest BCUT2D eigenvalue weighted by molar-refractivity contribution is 5.97. The maximum Gasteiger partial charge on any atom is 0.163 e. The first kappa shape index (κ1) is 16.2. The lowest BCUT2D eigenvalue weighted by Gasteiger charge is -2.13. The second-order valence-electron chi connectivity index (χ2n) is 4.72. The van der Waals surface area contributed by atoms with Crippen LogP contribution < -0.4 is 0 Å². The van der Waals surface area contributed by atoms with E-state index in [1.54, 1.807) is 6.07 Å². The first-order valence-electron chi connectivity index (χ1n) is 6.91. The van der Waals surface area contributed by atoms with Gasteiger partial charge in [-0.1, -0.05) is 19.4 Å². The molecule has 0 heterocycles. The minimum absolute atomic E-state index is 0.0810. The quantitative estimate of drug-likeness (QED) is 0.583. The van der Waals surface area contributed by atoms with Gasteiger partial charge in [0, 0.05) is 18.6 Å². The minimum Gasteiger partial charge on any atom is -0.507 e. The molecule has 0 aliphatic heterocycles. The average molecular weight is 275 g/mol. The van der Waals surface area contributed by atoms with Crippen LogP contribution in [0.5, 0.6) is 5.75 Å². The van der Waals surface area contributed by atoms with Gasteiger partial charge in [-0.2, -0.15) is 5.26 Å². The highest BCUT2D eigenvalue weighted by Gasteiger charge is 2.14. The number of ether oxygens (including phenoxy) is 1. The van der Waals surface area contributed by atoms with Crippen LogP contribution in [0, 0.1) is 11.3 Å². The third-order valence-electron chi connectivity index (χ3n) is 3.09. The van der Waals surface area contributed by atoms with Crippen LogP contribution in [0.4, 0.5) is 0 Å². The van der Waals surface area contributed by atoms with Crippen molar-refractivity contribution in [1.29, 1.82) is 5.26 Å². The molecular weight excluding hydrogens is 254 g/mol. The van der Waals surface area contributed by atoms with Crippen molar-refractivity contribution in [2.24, 2.45) is 0 Å². The second kappa shape index (κ2) is 8.34. The molecule has 1 N–H and O–H groups in total. The highest BCUT2D eigenvalue weighted by Crippen LogP contribution is 2.28. The van der Waals surface area contributed by atoms with E-state index in [1.165, 1.54) is 6.92 Å². The number of phenolic OH excluding ortho intramolecular Hbond substituents is 1. The Balaban J connectivity index is 2.82. The summed E-state index contributed by atoms with van der Waals surface area (Å²) >= 11 is 0. The van der Waals surface area contributed by atoms with Gasteiger partial charge in [-0.05, 0) is 31.4 Å². The van der Waals surface area contributed by atoms with E-state index < -0.39 is 0 Å². The highest BCUT2D eigenvalue weighted by atomic mass is 16.5. The van der Waals surface area contributed by atoms with E-state index in [9.17, 15) is 9.90 Å². The minimum atomic E-state index is -0.138. The molecule has 0 radical (unpaired) electrons. The van der Waals surface area contributed by atoms with Crippen molar-refractivity contribution < 1.29 is 14.6 Å². The zero-order chi connectivity index (χ0) is 15.0. The molecule has 0 spiro atoms. The fraction of sp³-hybridized carbons (Fsp3) is 0.500. The Kier molecular flexibility index (Phi) is 6.75. The van der Waals surface area contributed by atoms with Crippen LogP contribution in [-0.2, 0) is 17.8 Å². The second-order valence-corrected chi connectivity index (χ2v) is 4.72.